The lowest BCUT2D eigenvalue weighted by molar-refractivity contribution is -0.115. The largest absolute Gasteiger partial charge is 0.362 e. The van der Waals surface area contributed by atoms with Crippen molar-refractivity contribution < 1.29 is 14.4 Å². The van der Waals surface area contributed by atoms with Gasteiger partial charge in [-0.15, -0.1) is 0 Å². The number of nitrogens with one attached hydrogen (secondary N) is 1. The summed E-state index contributed by atoms with van der Waals surface area (Å²) in [4.78, 5) is 39.5. The molecule has 0 aromatic heterocycles. The fraction of sp³-hybridized carbons (Fsp3) is 0.250. The van der Waals surface area contributed by atoms with Gasteiger partial charge in [0.15, 0.2) is 0 Å². The second-order valence-corrected chi connectivity index (χ2v) is 6.28. The van der Waals surface area contributed by atoms with E-state index in [2.05, 4.69) is 5.32 Å². The van der Waals surface area contributed by atoms with Crippen LogP contribution in [0, 0.1) is 6.92 Å². The van der Waals surface area contributed by atoms with Crippen LogP contribution in [-0.2, 0) is 4.79 Å². The number of amides is 3. The molecule has 3 amide bonds. The quantitative estimate of drug-likeness (QED) is 0.841. The lowest BCUT2D eigenvalue weighted by Gasteiger charge is -2.24. The molecule has 0 saturated heterocycles. The Morgan fingerprint density at radius 3 is 2.46 bits per heavy atom. The zero-order valence-electron chi connectivity index (χ0n) is 15.1. The Bertz CT molecular complexity index is 892. The molecule has 0 bridgehead atoms. The van der Waals surface area contributed by atoms with E-state index in [4.69, 9.17) is 0 Å². The van der Waals surface area contributed by atoms with E-state index in [0.29, 0.717) is 23.4 Å². The molecule has 1 heterocycles. The van der Waals surface area contributed by atoms with Gasteiger partial charge in [-0.25, -0.2) is 0 Å². The maximum Gasteiger partial charge on any atom is 0.261 e. The number of hydrogen-bond acceptors (Lipinski definition) is 4. The lowest BCUT2D eigenvalue weighted by Crippen LogP contribution is -2.33. The fourth-order valence-electron chi connectivity index (χ4n) is 3.10. The van der Waals surface area contributed by atoms with E-state index in [0.717, 1.165) is 16.2 Å². The Labute approximate surface area is 152 Å². The third-order valence-electron chi connectivity index (χ3n) is 4.55. The van der Waals surface area contributed by atoms with E-state index < -0.39 is 0 Å². The zero-order valence-corrected chi connectivity index (χ0v) is 15.1. The lowest BCUT2D eigenvalue weighted by atomic mass is 10.1. The van der Waals surface area contributed by atoms with Gasteiger partial charge in [0.2, 0.25) is 5.91 Å². The summed E-state index contributed by atoms with van der Waals surface area (Å²) in [6.07, 6.45) is 0. The number of carbonyl (C=O) groups is 3. The van der Waals surface area contributed by atoms with Crippen LogP contribution in [0.15, 0.2) is 42.5 Å². The summed E-state index contributed by atoms with van der Waals surface area (Å²) >= 11 is 0. The van der Waals surface area contributed by atoms with Gasteiger partial charge in [0.25, 0.3) is 11.8 Å². The molecule has 1 aliphatic heterocycles. The third kappa shape index (κ3) is 3.18. The Kier molecular flexibility index (Phi) is 4.75. The first kappa shape index (κ1) is 17.7. The number of para-hydroxylation sites is 1. The fourth-order valence-corrected chi connectivity index (χ4v) is 3.10. The van der Waals surface area contributed by atoms with Crippen LogP contribution in [0.5, 0.6) is 0 Å². The maximum atomic E-state index is 12.5. The molecule has 1 aliphatic rings. The number of nitrogens with zero attached hydrogens (tertiary/aromatic N) is 2. The number of rotatable bonds is 5. The number of hydrogen-bond donors (Lipinski definition) is 1. The maximum absolute atomic E-state index is 12.5. The molecule has 0 saturated carbocycles. The minimum atomic E-state index is -0.351. The van der Waals surface area contributed by atoms with E-state index in [9.17, 15) is 14.4 Å². The highest BCUT2D eigenvalue weighted by atomic mass is 16.2. The first-order chi connectivity index (χ1) is 12.4. The van der Waals surface area contributed by atoms with Crippen LogP contribution in [0.3, 0.4) is 0 Å². The molecule has 3 rings (SSSR count). The van der Waals surface area contributed by atoms with Gasteiger partial charge in [-0.3, -0.25) is 19.3 Å². The average Bonchev–Trinajstić information content (AvgIpc) is 2.84. The molecule has 26 heavy (non-hydrogen) atoms. The molecule has 6 heteroatoms. The molecule has 0 aliphatic carbocycles. The van der Waals surface area contributed by atoms with Gasteiger partial charge in [-0.1, -0.05) is 18.2 Å². The average molecular weight is 351 g/mol. The number of anilines is 2. The summed E-state index contributed by atoms with van der Waals surface area (Å²) in [7, 11) is 1.45. The second kappa shape index (κ2) is 7.00. The minimum Gasteiger partial charge on any atom is -0.362 e. The smallest absolute Gasteiger partial charge is 0.261 e. The summed E-state index contributed by atoms with van der Waals surface area (Å²) in [5.74, 6) is -0.851. The van der Waals surface area contributed by atoms with Crippen LogP contribution in [0.25, 0.3) is 0 Å². The molecule has 0 radical (unpaired) electrons. The van der Waals surface area contributed by atoms with Crippen LogP contribution < -0.4 is 10.2 Å². The zero-order chi connectivity index (χ0) is 18.8. The number of aryl methyl sites for hydroxylation is 1. The van der Waals surface area contributed by atoms with Crippen molar-refractivity contribution in [1.82, 2.24) is 4.90 Å². The molecule has 2 aromatic rings. The number of fused-ring (bicyclic) bond motifs is 1. The summed E-state index contributed by atoms with van der Waals surface area (Å²) in [5, 5.41) is 2.81. The molecule has 2 aromatic carbocycles. The van der Waals surface area contributed by atoms with Crippen molar-refractivity contribution in [2.75, 3.05) is 30.4 Å². The third-order valence-corrected chi connectivity index (χ3v) is 4.55. The van der Waals surface area contributed by atoms with E-state index in [-0.39, 0.29) is 24.3 Å². The van der Waals surface area contributed by atoms with Crippen molar-refractivity contribution in [3.05, 3.63) is 59.2 Å². The van der Waals surface area contributed by atoms with Crippen LogP contribution in [-0.4, -0.2) is 42.8 Å². The summed E-state index contributed by atoms with van der Waals surface area (Å²) in [6, 6.07) is 12.7. The van der Waals surface area contributed by atoms with Crippen molar-refractivity contribution in [2.45, 2.75) is 13.8 Å². The molecule has 134 valence electrons. The Morgan fingerprint density at radius 2 is 1.77 bits per heavy atom. The molecule has 0 atom stereocenters. The van der Waals surface area contributed by atoms with Gasteiger partial charge >= 0.3 is 0 Å². The van der Waals surface area contributed by atoms with E-state index in [1.54, 1.807) is 18.2 Å². The first-order valence-electron chi connectivity index (χ1n) is 8.49. The van der Waals surface area contributed by atoms with Crippen LogP contribution in [0.2, 0.25) is 0 Å². The second-order valence-electron chi connectivity index (χ2n) is 6.28. The van der Waals surface area contributed by atoms with Gasteiger partial charge in [0, 0.05) is 25.0 Å². The SMILES string of the molecule is CCN(CC(=O)Nc1ccc2c(c1)C(=O)N(C)C2=O)c1ccccc1C. The highest BCUT2D eigenvalue weighted by Crippen LogP contribution is 2.25. The Hall–Kier alpha value is -3.15. The predicted octanol–water partition coefficient (Wildman–Crippen LogP) is 2.69. The predicted molar refractivity (Wildman–Crippen MR) is 101 cm³/mol. The van der Waals surface area contributed by atoms with Gasteiger partial charge in [-0.2, -0.15) is 0 Å². The van der Waals surface area contributed by atoms with Crippen molar-refractivity contribution in [3.8, 4) is 0 Å². The molecular weight excluding hydrogens is 330 g/mol. The first-order valence-corrected chi connectivity index (χ1v) is 8.49. The van der Waals surface area contributed by atoms with Crippen LogP contribution in [0.4, 0.5) is 11.4 Å². The summed E-state index contributed by atoms with van der Waals surface area (Å²) in [5.41, 5.74) is 3.31. The van der Waals surface area contributed by atoms with Crippen molar-refractivity contribution in [1.29, 1.82) is 0 Å². The molecule has 0 fully saturated rings. The van der Waals surface area contributed by atoms with Crippen LogP contribution >= 0.6 is 0 Å². The standard InChI is InChI=1S/C20H21N3O3/c1-4-23(17-8-6-5-7-13(17)2)12-18(24)21-14-9-10-15-16(11-14)20(26)22(3)19(15)25/h5-11H,4,12H2,1-3H3,(H,21,24). The number of likely N-dealkylation sites (N-methyl/N-ethyl adjacent to an activating group) is 1. The number of benzene rings is 2. The van der Waals surface area contributed by atoms with Gasteiger partial charge in [0.05, 0.1) is 17.7 Å². The topological polar surface area (TPSA) is 69.7 Å². The summed E-state index contributed by atoms with van der Waals surface area (Å²) < 4.78 is 0. The highest BCUT2D eigenvalue weighted by molar-refractivity contribution is 6.21. The van der Waals surface area contributed by atoms with Crippen molar-refractivity contribution in [3.63, 3.8) is 0 Å². The Balaban J connectivity index is 1.74. The number of carbonyl (C=O) groups excluding carboxylic acids is 3. The summed E-state index contributed by atoms with van der Waals surface area (Å²) in [6.45, 7) is 4.90. The van der Waals surface area contributed by atoms with Gasteiger partial charge in [-0.05, 0) is 43.7 Å². The van der Waals surface area contributed by atoms with Crippen molar-refractivity contribution in [2.24, 2.45) is 0 Å². The van der Waals surface area contributed by atoms with Gasteiger partial charge < -0.3 is 10.2 Å². The Morgan fingerprint density at radius 1 is 1.08 bits per heavy atom. The molecule has 0 spiro atoms. The van der Waals surface area contributed by atoms with Gasteiger partial charge in [0.1, 0.15) is 0 Å². The van der Waals surface area contributed by atoms with E-state index in [1.807, 2.05) is 43.0 Å². The molecule has 6 nitrogen and oxygen atoms in total. The molecule has 1 N–H and O–H groups in total. The molecule has 0 unspecified atom stereocenters. The monoisotopic (exact) mass is 351 g/mol. The normalized spacial score (nSPS) is 13.0. The van der Waals surface area contributed by atoms with E-state index in [1.165, 1.54) is 7.05 Å². The minimum absolute atomic E-state index is 0.180. The van der Waals surface area contributed by atoms with E-state index >= 15 is 0 Å². The molecular formula is C20H21N3O3. The van der Waals surface area contributed by atoms with Crippen molar-refractivity contribution >= 4 is 29.1 Å². The number of imide groups is 1. The highest BCUT2D eigenvalue weighted by Gasteiger charge is 2.32. The van der Waals surface area contributed by atoms with Crippen LogP contribution in [0.1, 0.15) is 33.2 Å².